The highest BCUT2D eigenvalue weighted by Gasteiger charge is 2.35. The van der Waals surface area contributed by atoms with Crippen LogP contribution < -0.4 is 59.7 Å². The van der Waals surface area contributed by atoms with E-state index in [4.69, 9.17) is 22.3 Å². The van der Waals surface area contributed by atoms with Gasteiger partial charge in [-0.05, 0) is 72.4 Å². The molecule has 0 aromatic carbocycles. The van der Waals surface area contributed by atoms with Gasteiger partial charge in [-0.3, -0.25) is 47.9 Å². The summed E-state index contributed by atoms with van der Waals surface area (Å²) in [5, 5.41) is 56.7. The van der Waals surface area contributed by atoms with Crippen LogP contribution in [0.4, 0.5) is 0 Å². The molecular formula is C39H65N13O15. The van der Waals surface area contributed by atoms with Crippen LogP contribution in [0.25, 0.3) is 0 Å². The SMILES string of the molecule is C[C@H](NC(=O)CNC(=O)[C@H](Cc1cnc[nH]1)NC(=O)[C@H](CC(=O)O)NC(=O)[C@@H](NC(=O)[C@H](CCCCN)NC(=O)[C@H](C)NC(=O)[C@@H](N)CCCCN)[C@@H](C)O)C(=O)N[C@@H](CCC(=O)O)C(=O)O. The standard InChI is InChI=1S/C39H65N13O15/c1-19(32(59)49-25(39(66)67)10-11-29(55)56)46-28(54)17-44-35(62)26(14-22-16-43-18-45-22)50-37(64)27(15-30(57)58)51-38(65)31(21(3)53)52-36(63)24(9-5-7-13-41)48-33(60)20(2)47-34(61)23(42)8-4-6-12-40/h16,18-21,23-27,31,53H,4-15,17,40-42H2,1-3H3,(H,43,45)(H,44,62)(H,46,54)(H,47,61)(H,48,60)(H,49,59)(H,50,64)(H,51,65)(H,52,63)(H,55,56)(H,57,58)(H,66,67)/t19-,20-,21+,23-,24-,25-,26-,27-,31-/m0/s1. The molecule has 0 aliphatic rings. The van der Waals surface area contributed by atoms with Gasteiger partial charge in [0.05, 0.1) is 31.4 Å². The number of aliphatic hydroxyl groups is 1. The number of carboxylic acids is 3. The van der Waals surface area contributed by atoms with Crippen molar-refractivity contribution in [2.24, 2.45) is 17.2 Å². The average Bonchev–Trinajstić information content (AvgIpc) is 3.77. The molecule has 0 aliphatic carbocycles. The molecule has 1 heterocycles. The third-order valence-electron chi connectivity index (χ3n) is 9.78. The predicted octanol–water partition coefficient (Wildman–Crippen LogP) is -6.11. The van der Waals surface area contributed by atoms with Crippen molar-refractivity contribution >= 4 is 65.2 Å². The van der Waals surface area contributed by atoms with Crippen molar-refractivity contribution in [1.29, 1.82) is 0 Å². The van der Waals surface area contributed by atoms with E-state index in [2.05, 4.69) is 52.5 Å². The van der Waals surface area contributed by atoms with Crippen molar-refractivity contribution < 1.29 is 73.2 Å². The summed E-state index contributed by atoms with van der Waals surface area (Å²) in [5.41, 5.74) is 17.3. The Morgan fingerprint density at radius 2 is 1.16 bits per heavy atom. The highest BCUT2D eigenvalue weighted by atomic mass is 16.4. The predicted molar refractivity (Wildman–Crippen MR) is 232 cm³/mol. The number of carbonyl (C=O) groups is 11. The Hall–Kier alpha value is -6.78. The summed E-state index contributed by atoms with van der Waals surface area (Å²) >= 11 is 0. The molecule has 0 saturated carbocycles. The van der Waals surface area contributed by atoms with Crippen LogP contribution in [0.5, 0.6) is 0 Å². The fourth-order valence-electron chi connectivity index (χ4n) is 5.96. The van der Waals surface area contributed by atoms with Crippen molar-refractivity contribution in [3.63, 3.8) is 0 Å². The minimum atomic E-state index is -1.95. The maximum atomic E-state index is 13.6. The Bertz CT molecular complexity index is 1850. The second-order valence-electron chi connectivity index (χ2n) is 15.5. The quantitative estimate of drug-likeness (QED) is 0.0292. The minimum Gasteiger partial charge on any atom is -0.481 e. The Morgan fingerprint density at radius 3 is 1.70 bits per heavy atom. The van der Waals surface area contributed by atoms with Crippen molar-refractivity contribution in [2.45, 2.75) is 139 Å². The molecular weight excluding hydrogens is 891 g/mol. The molecule has 0 unspecified atom stereocenters. The number of aromatic nitrogens is 2. The topological polar surface area (TPSA) is 472 Å². The van der Waals surface area contributed by atoms with Gasteiger partial charge in [-0.2, -0.15) is 0 Å². The summed E-state index contributed by atoms with van der Waals surface area (Å²) in [7, 11) is 0. The number of unbranched alkanes of at least 4 members (excludes halogenated alkanes) is 2. The number of amides is 8. The third-order valence-corrected chi connectivity index (χ3v) is 9.78. The first-order valence-electron chi connectivity index (χ1n) is 21.4. The van der Waals surface area contributed by atoms with Gasteiger partial charge in [-0.15, -0.1) is 0 Å². The van der Waals surface area contributed by atoms with E-state index in [1.807, 2.05) is 0 Å². The molecule has 0 radical (unpaired) electrons. The normalized spacial score (nSPS) is 15.0. The van der Waals surface area contributed by atoms with E-state index in [-0.39, 0.29) is 25.1 Å². The van der Waals surface area contributed by atoms with E-state index in [1.165, 1.54) is 26.4 Å². The number of aliphatic carboxylic acids is 3. The number of hydrogen-bond acceptors (Lipinski definition) is 16. The molecule has 67 heavy (non-hydrogen) atoms. The lowest BCUT2D eigenvalue weighted by Crippen LogP contribution is -2.61. The Morgan fingerprint density at radius 1 is 0.612 bits per heavy atom. The number of aromatic amines is 1. The van der Waals surface area contributed by atoms with E-state index in [9.17, 15) is 68.1 Å². The molecule has 0 spiro atoms. The molecule has 0 bridgehead atoms. The largest absolute Gasteiger partial charge is 0.481 e. The second kappa shape index (κ2) is 30.4. The van der Waals surface area contributed by atoms with Gasteiger partial charge in [0.1, 0.15) is 42.3 Å². The Kier molecular flexibility index (Phi) is 26.4. The maximum Gasteiger partial charge on any atom is 0.326 e. The first-order chi connectivity index (χ1) is 31.5. The Labute approximate surface area is 384 Å². The molecule has 28 nitrogen and oxygen atoms in total. The number of nitrogens with zero attached hydrogens (tertiary/aromatic N) is 1. The lowest BCUT2D eigenvalue weighted by Gasteiger charge is -2.27. The zero-order chi connectivity index (χ0) is 50.8. The highest BCUT2D eigenvalue weighted by Crippen LogP contribution is 2.07. The van der Waals surface area contributed by atoms with E-state index in [0.29, 0.717) is 38.6 Å². The minimum absolute atomic E-state index is 0.00850. The summed E-state index contributed by atoms with van der Waals surface area (Å²) in [4.78, 5) is 146. The number of imidazole rings is 1. The van der Waals surface area contributed by atoms with Crippen molar-refractivity contribution in [3.8, 4) is 0 Å². The lowest BCUT2D eigenvalue weighted by molar-refractivity contribution is -0.143. The van der Waals surface area contributed by atoms with Crippen LogP contribution in [0.15, 0.2) is 12.5 Å². The second-order valence-corrected chi connectivity index (χ2v) is 15.5. The molecule has 8 amide bonds. The summed E-state index contributed by atoms with van der Waals surface area (Å²) in [6.07, 6.45) is 0.709. The summed E-state index contributed by atoms with van der Waals surface area (Å²) in [5.74, 6) is -12.2. The van der Waals surface area contributed by atoms with Crippen LogP contribution in [0.1, 0.15) is 84.3 Å². The van der Waals surface area contributed by atoms with E-state index in [1.54, 1.807) is 0 Å². The smallest absolute Gasteiger partial charge is 0.326 e. The van der Waals surface area contributed by atoms with Gasteiger partial charge < -0.3 is 85.1 Å². The maximum absolute atomic E-state index is 13.6. The van der Waals surface area contributed by atoms with Gasteiger partial charge in [0.25, 0.3) is 0 Å². The summed E-state index contributed by atoms with van der Waals surface area (Å²) in [6, 6.07) is -11.7. The van der Waals surface area contributed by atoms with Crippen LogP contribution in [0, 0.1) is 0 Å². The molecule has 0 fully saturated rings. The van der Waals surface area contributed by atoms with E-state index < -0.39 is 145 Å². The molecule has 376 valence electrons. The van der Waals surface area contributed by atoms with E-state index in [0.717, 1.165) is 6.92 Å². The van der Waals surface area contributed by atoms with Crippen LogP contribution in [0.3, 0.4) is 0 Å². The van der Waals surface area contributed by atoms with Crippen LogP contribution in [-0.4, -0.2) is 170 Å². The number of hydrogen-bond donors (Lipinski definition) is 16. The zero-order valence-corrected chi connectivity index (χ0v) is 37.5. The zero-order valence-electron chi connectivity index (χ0n) is 37.5. The molecule has 28 heteroatoms. The number of carboxylic acid groups (broad SMARTS) is 3. The van der Waals surface area contributed by atoms with Gasteiger partial charge in [-0.25, -0.2) is 9.78 Å². The van der Waals surface area contributed by atoms with Crippen molar-refractivity contribution in [1.82, 2.24) is 52.5 Å². The molecule has 9 atom stereocenters. The molecule has 19 N–H and O–H groups in total. The summed E-state index contributed by atoms with van der Waals surface area (Å²) < 4.78 is 0. The van der Waals surface area contributed by atoms with Gasteiger partial charge in [0.2, 0.25) is 47.3 Å². The number of nitrogens with two attached hydrogens (primary N) is 3. The fourth-order valence-corrected chi connectivity index (χ4v) is 5.96. The number of aliphatic hydroxyl groups excluding tert-OH is 1. The van der Waals surface area contributed by atoms with Crippen molar-refractivity contribution in [2.75, 3.05) is 19.6 Å². The lowest BCUT2D eigenvalue weighted by atomic mass is 10.0. The monoisotopic (exact) mass is 955 g/mol. The fraction of sp³-hybridized carbons (Fsp3) is 0.641. The van der Waals surface area contributed by atoms with Crippen LogP contribution in [0.2, 0.25) is 0 Å². The van der Waals surface area contributed by atoms with E-state index >= 15 is 0 Å². The molecule has 0 aliphatic heterocycles. The van der Waals surface area contributed by atoms with Crippen molar-refractivity contribution in [3.05, 3.63) is 18.2 Å². The number of nitrogens with one attached hydrogen (secondary N) is 9. The summed E-state index contributed by atoms with van der Waals surface area (Å²) in [6.45, 7) is 3.49. The first-order valence-corrected chi connectivity index (χ1v) is 21.4. The van der Waals surface area contributed by atoms with Crippen LogP contribution >= 0.6 is 0 Å². The first kappa shape index (κ1) is 58.2. The van der Waals surface area contributed by atoms with Crippen LogP contribution in [-0.2, 0) is 59.2 Å². The van der Waals surface area contributed by atoms with Gasteiger partial charge >= 0.3 is 17.9 Å². The number of rotatable bonds is 33. The van der Waals surface area contributed by atoms with Gasteiger partial charge in [0, 0.05) is 24.7 Å². The molecule has 1 rings (SSSR count). The molecule has 1 aromatic heterocycles. The van der Waals surface area contributed by atoms with Gasteiger partial charge in [0.15, 0.2) is 0 Å². The molecule has 0 saturated heterocycles. The number of carbonyl (C=O) groups excluding carboxylic acids is 8. The number of H-pyrrole nitrogens is 1. The highest BCUT2D eigenvalue weighted by molar-refractivity contribution is 5.98. The average molecular weight is 956 g/mol. The third kappa shape index (κ3) is 22.8. The van der Waals surface area contributed by atoms with Gasteiger partial charge in [-0.1, -0.05) is 6.42 Å². The Balaban J connectivity index is 3.16. The molecule has 1 aromatic rings.